The zero-order valence-corrected chi connectivity index (χ0v) is 22.3. The van der Waals surface area contributed by atoms with E-state index in [4.69, 9.17) is 9.47 Å². The van der Waals surface area contributed by atoms with Gasteiger partial charge in [0.1, 0.15) is 11.9 Å². The molecule has 1 aliphatic rings. The number of carbonyl (C=O) groups excluding carboxylic acids is 2. The molecular weight excluding hydrogens is 486 g/mol. The molecule has 1 fully saturated rings. The van der Waals surface area contributed by atoms with E-state index in [9.17, 15) is 19.5 Å². The Morgan fingerprint density at radius 1 is 1.08 bits per heavy atom. The lowest BCUT2D eigenvalue weighted by Gasteiger charge is -2.19. The first kappa shape index (κ1) is 27.0. The number of carboxylic acid groups (broad SMARTS) is 1. The van der Waals surface area contributed by atoms with E-state index in [1.165, 1.54) is 0 Å². The predicted octanol–water partition coefficient (Wildman–Crippen LogP) is 5.11. The average Bonchev–Trinajstić information content (AvgIpc) is 3.50. The van der Waals surface area contributed by atoms with Gasteiger partial charge in [0.2, 0.25) is 0 Å². The Morgan fingerprint density at radius 3 is 2.50 bits per heavy atom. The van der Waals surface area contributed by atoms with Crippen molar-refractivity contribution in [2.24, 2.45) is 12.5 Å². The van der Waals surface area contributed by atoms with Gasteiger partial charge in [-0.05, 0) is 81.0 Å². The first-order valence-corrected chi connectivity index (χ1v) is 12.8. The second kappa shape index (κ2) is 11.2. The predicted molar refractivity (Wildman–Crippen MR) is 145 cm³/mol. The summed E-state index contributed by atoms with van der Waals surface area (Å²) in [7, 11) is 3.52. The molecule has 3 aromatic rings. The van der Waals surface area contributed by atoms with E-state index in [0.717, 1.165) is 47.7 Å². The molecule has 38 heavy (non-hydrogen) atoms. The van der Waals surface area contributed by atoms with Gasteiger partial charge in [-0.2, -0.15) is 0 Å². The monoisotopic (exact) mass is 521 g/mol. The van der Waals surface area contributed by atoms with Gasteiger partial charge in [0.05, 0.1) is 12.5 Å². The Bertz CT molecular complexity index is 1350. The summed E-state index contributed by atoms with van der Waals surface area (Å²) in [5, 5.41) is 15.8. The second-order valence-electron chi connectivity index (χ2n) is 10.5. The molecule has 1 saturated carbocycles. The fourth-order valence-electron chi connectivity index (χ4n) is 4.71. The molecule has 2 aromatic carbocycles. The number of aryl methyl sites for hydroxylation is 1. The zero-order chi connectivity index (χ0) is 27.4. The number of anilines is 1. The summed E-state index contributed by atoms with van der Waals surface area (Å²) in [5.74, 6) is -0.791. The number of nitrogens with zero attached hydrogens (tertiary/aromatic N) is 1. The van der Waals surface area contributed by atoms with Crippen molar-refractivity contribution >= 4 is 34.6 Å². The number of fused-ring (bicyclic) bond motifs is 1. The highest BCUT2D eigenvalue weighted by molar-refractivity contribution is 5.95. The molecule has 1 heterocycles. The Morgan fingerprint density at radius 2 is 1.82 bits per heavy atom. The summed E-state index contributed by atoms with van der Waals surface area (Å²) in [4.78, 5) is 36.4. The van der Waals surface area contributed by atoms with Gasteiger partial charge in [0.25, 0.3) is 5.91 Å². The molecule has 0 spiro atoms. The smallest absolute Gasteiger partial charge is 0.411 e. The minimum Gasteiger partial charge on any atom is -0.496 e. The van der Waals surface area contributed by atoms with Gasteiger partial charge in [-0.3, -0.25) is 14.9 Å². The van der Waals surface area contributed by atoms with Crippen LogP contribution in [-0.4, -0.2) is 47.4 Å². The van der Waals surface area contributed by atoms with Crippen LogP contribution in [0.15, 0.2) is 42.6 Å². The Hall–Kier alpha value is -4.01. The normalized spacial score (nSPS) is 13.9. The van der Waals surface area contributed by atoms with Crippen molar-refractivity contribution in [3.8, 4) is 5.75 Å². The van der Waals surface area contributed by atoms with Crippen molar-refractivity contribution in [1.29, 1.82) is 0 Å². The maximum Gasteiger partial charge on any atom is 0.411 e. The summed E-state index contributed by atoms with van der Waals surface area (Å²) >= 11 is 0. The number of benzene rings is 2. The number of rotatable bonds is 9. The molecule has 3 N–H and O–H groups in total. The van der Waals surface area contributed by atoms with Crippen molar-refractivity contribution in [2.45, 2.75) is 52.1 Å². The van der Waals surface area contributed by atoms with E-state index in [2.05, 4.69) is 10.6 Å². The lowest BCUT2D eigenvalue weighted by atomic mass is 9.94. The van der Waals surface area contributed by atoms with E-state index >= 15 is 0 Å². The van der Waals surface area contributed by atoms with Crippen LogP contribution in [0.5, 0.6) is 5.75 Å². The Balaban J connectivity index is 1.51. The van der Waals surface area contributed by atoms with Crippen LogP contribution < -0.4 is 15.4 Å². The van der Waals surface area contributed by atoms with Crippen LogP contribution >= 0.6 is 0 Å². The number of methoxy groups -OCH3 is 1. The number of ether oxygens (including phenoxy) is 2. The summed E-state index contributed by atoms with van der Waals surface area (Å²) in [5.41, 5.74) is 2.92. The first-order chi connectivity index (χ1) is 18.1. The number of nitrogens with one attached hydrogen (secondary N) is 2. The number of hydrogen-bond donors (Lipinski definition) is 3. The summed E-state index contributed by atoms with van der Waals surface area (Å²) in [6.07, 6.45) is 6.16. The minimum atomic E-state index is -1.07. The van der Waals surface area contributed by atoms with Gasteiger partial charge in [0.15, 0.2) is 0 Å². The largest absolute Gasteiger partial charge is 0.496 e. The maximum atomic E-state index is 12.7. The Kier molecular flexibility index (Phi) is 7.94. The molecule has 202 valence electrons. The molecule has 0 unspecified atom stereocenters. The second-order valence-corrected chi connectivity index (χ2v) is 10.5. The molecule has 9 heteroatoms. The fraction of sp³-hybridized carbons (Fsp3) is 0.414. The first-order valence-electron chi connectivity index (χ1n) is 12.8. The van der Waals surface area contributed by atoms with Crippen molar-refractivity contribution in [1.82, 2.24) is 9.88 Å². The molecule has 0 atom stereocenters. The lowest BCUT2D eigenvalue weighted by molar-refractivity contribution is -0.146. The average molecular weight is 522 g/mol. The van der Waals surface area contributed by atoms with E-state index in [0.29, 0.717) is 23.4 Å². The third kappa shape index (κ3) is 6.10. The van der Waals surface area contributed by atoms with Crippen LogP contribution in [0.4, 0.5) is 10.5 Å². The molecule has 0 bridgehead atoms. The van der Waals surface area contributed by atoms with E-state index < -0.39 is 17.5 Å². The maximum absolute atomic E-state index is 12.7. The Labute approximate surface area is 222 Å². The number of carbonyl (C=O) groups is 3. The fourth-order valence-corrected chi connectivity index (χ4v) is 4.71. The molecule has 0 aliphatic heterocycles. The highest BCUT2D eigenvalue weighted by Gasteiger charge is 2.28. The van der Waals surface area contributed by atoms with Gasteiger partial charge in [-0.25, -0.2) is 4.79 Å². The number of hydrogen-bond acceptors (Lipinski definition) is 5. The lowest BCUT2D eigenvalue weighted by Crippen LogP contribution is -2.38. The van der Waals surface area contributed by atoms with Gasteiger partial charge in [0, 0.05) is 48.4 Å². The topological polar surface area (TPSA) is 119 Å². The number of carboxylic acids is 1. The summed E-state index contributed by atoms with van der Waals surface area (Å²) in [6, 6.07) is 11.0. The van der Waals surface area contributed by atoms with Crippen LogP contribution in [0.1, 0.15) is 61.0 Å². The molecule has 0 saturated heterocycles. The third-order valence-corrected chi connectivity index (χ3v) is 7.09. The quantitative estimate of drug-likeness (QED) is 0.360. The zero-order valence-electron chi connectivity index (χ0n) is 22.3. The van der Waals surface area contributed by atoms with Crippen molar-refractivity contribution in [3.63, 3.8) is 0 Å². The molecule has 2 amide bonds. The molecule has 0 radical (unpaired) electrons. The van der Waals surface area contributed by atoms with E-state index in [1.807, 2.05) is 42.1 Å². The molecular formula is C29H35N3O6. The SMILES string of the molecule is COc1cc(C(=O)NCC(C)(C)C(=O)O)ccc1Cc1cn(C)c2ccc(NC(=O)OC3CCCC3)cc12. The number of amides is 2. The van der Waals surface area contributed by atoms with Gasteiger partial charge < -0.3 is 24.5 Å². The van der Waals surface area contributed by atoms with Crippen LogP contribution in [-0.2, 0) is 23.0 Å². The molecule has 4 rings (SSSR count). The van der Waals surface area contributed by atoms with Crippen molar-refractivity contribution in [3.05, 3.63) is 59.3 Å². The summed E-state index contributed by atoms with van der Waals surface area (Å²) < 4.78 is 13.2. The van der Waals surface area contributed by atoms with Crippen molar-refractivity contribution < 1.29 is 29.0 Å². The number of aromatic nitrogens is 1. The van der Waals surface area contributed by atoms with E-state index in [-0.39, 0.29) is 18.6 Å². The molecule has 1 aliphatic carbocycles. The van der Waals surface area contributed by atoms with Gasteiger partial charge in [-0.15, -0.1) is 0 Å². The van der Waals surface area contributed by atoms with E-state index in [1.54, 1.807) is 33.1 Å². The van der Waals surface area contributed by atoms with Crippen LogP contribution in [0, 0.1) is 5.41 Å². The minimum absolute atomic E-state index is 0.00576. The van der Waals surface area contributed by atoms with Crippen molar-refractivity contribution in [2.75, 3.05) is 19.0 Å². The van der Waals surface area contributed by atoms with Crippen LogP contribution in [0.2, 0.25) is 0 Å². The van der Waals surface area contributed by atoms with Gasteiger partial charge in [-0.1, -0.05) is 6.07 Å². The van der Waals surface area contributed by atoms with Crippen LogP contribution in [0.3, 0.4) is 0 Å². The molecule has 1 aromatic heterocycles. The highest BCUT2D eigenvalue weighted by Crippen LogP contribution is 2.30. The number of aliphatic carboxylic acids is 1. The van der Waals surface area contributed by atoms with Crippen LogP contribution in [0.25, 0.3) is 10.9 Å². The summed E-state index contributed by atoms with van der Waals surface area (Å²) in [6.45, 7) is 3.12. The molecule has 9 nitrogen and oxygen atoms in total. The highest BCUT2D eigenvalue weighted by atomic mass is 16.6. The third-order valence-electron chi connectivity index (χ3n) is 7.09. The van der Waals surface area contributed by atoms with Gasteiger partial charge >= 0.3 is 12.1 Å². The standard InChI is InChI=1S/C29H35N3O6/c1-29(2,27(34)35)17-30-26(33)19-10-9-18(25(14-19)37-4)13-20-16-32(3)24-12-11-21(15-23(20)24)31-28(36)38-22-7-5-6-8-22/h9-12,14-16,22H,5-8,13,17H2,1-4H3,(H,30,33)(H,31,36)(H,34,35).